The molecule has 0 saturated heterocycles. The molecule has 8 heteroatoms. The highest BCUT2D eigenvalue weighted by atomic mass is 16.4. The summed E-state index contributed by atoms with van der Waals surface area (Å²) in [6.07, 6.45) is 2.87. The SMILES string of the molecule is N[C@@H](Cn1c(=O)[nH]c(=O)c2c[nH]cc21)C(=O)O. The van der Waals surface area contributed by atoms with E-state index in [4.69, 9.17) is 10.8 Å². The molecule has 0 aliphatic heterocycles. The highest BCUT2D eigenvalue weighted by Crippen LogP contribution is 2.05. The lowest BCUT2D eigenvalue weighted by atomic mass is 10.3. The van der Waals surface area contributed by atoms with Gasteiger partial charge in [0.25, 0.3) is 5.56 Å². The van der Waals surface area contributed by atoms with Gasteiger partial charge >= 0.3 is 11.7 Å². The Labute approximate surface area is 93.7 Å². The number of rotatable bonds is 3. The number of hydrogen-bond acceptors (Lipinski definition) is 4. The van der Waals surface area contributed by atoms with Gasteiger partial charge in [0, 0.05) is 12.4 Å². The van der Waals surface area contributed by atoms with Crippen molar-refractivity contribution in [2.24, 2.45) is 5.73 Å². The van der Waals surface area contributed by atoms with E-state index in [1.54, 1.807) is 0 Å². The van der Waals surface area contributed by atoms with Crippen LogP contribution >= 0.6 is 0 Å². The molecule has 0 aliphatic carbocycles. The number of nitrogens with two attached hydrogens (primary N) is 1. The van der Waals surface area contributed by atoms with Crippen LogP contribution in [0.4, 0.5) is 0 Å². The number of aromatic amines is 2. The standard InChI is InChI=1S/C9H10N4O4/c10-5(8(15)16)3-13-6-2-11-1-4(6)7(14)12-9(13)17/h1-2,5,11H,3,10H2,(H,15,16)(H,12,14,17)/t5-/m0/s1. The molecule has 2 heterocycles. The van der Waals surface area contributed by atoms with Crippen LogP contribution in [0.2, 0.25) is 0 Å². The summed E-state index contributed by atoms with van der Waals surface area (Å²) >= 11 is 0. The number of aliphatic carboxylic acids is 1. The molecule has 5 N–H and O–H groups in total. The van der Waals surface area contributed by atoms with Gasteiger partial charge < -0.3 is 15.8 Å². The molecule has 2 aromatic heterocycles. The van der Waals surface area contributed by atoms with Gasteiger partial charge in [-0.1, -0.05) is 0 Å². The van der Waals surface area contributed by atoms with E-state index in [9.17, 15) is 14.4 Å². The van der Waals surface area contributed by atoms with Gasteiger partial charge in [0.05, 0.1) is 17.4 Å². The number of carbonyl (C=O) groups is 1. The van der Waals surface area contributed by atoms with E-state index in [-0.39, 0.29) is 11.9 Å². The Morgan fingerprint density at radius 2 is 2.18 bits per heavy atom. The molecule has 2 rings (SSSR count). The Bertz CT molecular complexity index is 680. The summed E-state index contributed by atoms with van der Waals surface area (Å²) in [5.74, 6) is -1.22. The van der Waals surface area contributed by atoms with Crippen LogP contribution in [0.25, 0.3) is 10.9 Å². The maximum Gasteiger partial charge on any atom is 0.328 e. The van der Waals surface area contributed by atoms with Gasteiger partial charge in [-0.15, -0.1) is 0 Å². The van der Waals surface area contributed by atoms with Crippen molar-refractivity contribution in [2.45, 2.75) is 12.6 Å². The second-order valence-electron chi connectivity index (χ2n) is 3.57. The fourth-order valence-corrected chi connectivity index (χ4v) is 1.56. The normalized spacial score (nSPS) is 12.8. The number of fused-ring (bicyclic) bond motifs is 1. The molecular weight excluding hydrogens is 228 g/mol. The molecule has 0 spiro atoms. The number of hydrogen-bond donors (Lipinski definition) is 4. The Morgan fingerprint density at radius 3 is 2.82 bits per heavy atom. The van der Waals surface area contributed by atoms with Gasteiger partial charge in [0.1, 0.15) is 6.04 Å². The van der Waals surface area contributed by atoms with Gasteiger partial charge in [-0.05, 0) is 0 Å². The summed E-state index contributed by atoms with van der Waals surface area (Å²) < 4.78 is 1.12. The first-order valence-corrected chi connectivity index (χ1v) is 4.78. The number of nitrogens with one attached hydrogen (secondary N) is 2. The molecule has 0 bridgehead atoms. The number of aromatic nitrogens is 3. The number of carboxylic acids is 1. The Morgan fingerprint density at radius 1 is 1.47 bits per heavy atom. The number of carboxylic acid groups (broad SMARTS) is 1. The molecule has 0 aliphatic rings. The summed E-state index contributed by atoms with van der Waals surface area (Å²) in [6, 6.07) is -1.21. The molecular formula is C9H10N4O4. The van der Waals surface area contributed by atoms with E-state index < -0.39 is 23.3 Å². The third-order valence-corrected chi connectivity index (χ3v) is 2.42. The predicted molar refractivity (Wildman–Crippen MR) is 58.8 cm³/mol. The minimum atomic E-state index is -1.22. The maximum atomic E-state index is 11.6. The summed E-state index contributed by atoms with van der Waals surface area (Å²) in [5.41, 5.74) is 4.48. The molecule has 0 aromatic carbocycles. The number of H-pyrrole nitrogens is 2. The molecule has 0 unspecified atom stereocenters. The second-order valence-corrected chi connectivity index (χ2v) is 3.57. The van der Waals surface area contributed by atoms with Crippen molar-refractivity contribution < 1.29 is 9.90 Å². The van der Waals surface area contributed by atoms with E-state index in [0.29, 0.717) is 5.52 Å². The quantitative estimate of drug-likeness (QED) is 0.512. The third kappa shape index (κ3) is 1.85. The fourth-order valence-electron chi connectivity index (χ4n) is 1.56. The zero-order valence-electron chi connectivity index (χ0n) is 8.64. The van der Waals surface area contributed by atoms with Crippen LogP contribution in [0.1, 0.15) is 0 Å². The van der Waals surface area contributed by atoms with Gasteiger partial charge in [-0.25, -0.2) is 4.79 Å². The Hall–Kier alpha value is -2.35. The zero-order valence-corrected chi connectivity index (χ0v) is 8.64. The third-order valence-electron chi connectivity index (χ3n) is 2.42. The first-order chi connectivity index (χ1) is 8.00. The molecule has 0 fully saturated rings. The lowest BCUT2D eigenvalue weighted by Gasteiger charge is -2.09. The minimum absolute atomic E-state index is 0.209. The molecule has 2 aromatic rings. The monoisotopic (exact) mass is 238 g/mol. The largest absolute Gasteiger partial charge is 0.480 e. The Kier molecular flexibility index (Phi) is 2.56. The van der Waals surface area contributed by atoms with Gasteiger partial charge in [-0.2, -0.15) is 0 Å². The highest BCUT2D eigenvalue weighted by molar-refractivity contribution is 5.78. The fraction of sp³-hybridized carbons (Fsp3) is 0.222. The van der Waals surface area contributed by atoms with Crippen LogP contribution in [0.3, 0.4) is 0 Å². The van der Waals surface area contributed by atoms with E-state index in [1.165, 1.54) is 12.4 Å². The molecule has 17 heavy (non-hydrogen) atoms. The molecule has 0 radical (unpaired) electrons. The maximum absolute atomic E-state index is 11.6. The lowest BCUT2D eigenvalue weighted by molar-refractivity contribution is -0.138. The first kappa shape index (κ1) is 11.1. The van der Waals surface area contributed by atoms with Crippen LogP contribution in [0, 0.1) is 0 Å². The van der Waals surface area contributed by atoms with Crippen LogP contribution in [-0.4, -0.2) is 31.7 Å². The molecule has 8 nitrogen and oxygen atoms in total. The van der Waals surface area contributed by atoms with Crippen molar-refractivity contribution >= 4 is 16.9 Å². The van der Waals surface area contributed by atoms with E-state index in [0.717, 1.165) is 4.57 Å². The second kappa shape index (κ2) is 3.91. The molecule has 0 amide bonds. The summed E-state index contributed by atoms with van der Waals surface area (Å²) in [6.45, 7) is -0.209. The number of nitrogens with zero attached hydrogens (tertiary/aromatic N) is 1. The predicted octanol–water partition coefficient (Wildman–Crippen LogP) is -1.57. The summed E-state index contributed by atoms with van der Waals surface area (Å²) in [7, 11) is 0. The van der Waals surface area contributed by atoms with Crippen molar-refractivity contribution in [2.75, 3.05) is 0 Å². The Balaban J connectivity index is 2.61. The van der Waals surface area contributed by atoms with Crippen molar-refractivity contribution in [3.63, 3.8) is 0 Å². The molecule has 90 valence electrons. The summed E-state index contributed by atoms with van der Waals surface area (Å²) in [4.78, 5) is 38.4. The topological polar surface area (TPSA) is 134 Å². The average Bonchev–Trinajstić information content (AvgIpc) is 2.72. The smallest absolute Gasteiger partial charge is 0.328 e. The summed E-state index contributed by atoms with van der Waals surface area (Å²) in [5, 5.41) is 8.97. The first-order valence-electron chi connectivity index (χ1n) is 4.78. The van der Waals surface area contributed by atoms with Crippen molar-refractivity contribution in [1.29, 1.82) is 0 Å². The van der Waals surface area contributed by atoms with Crippen LogP contribution in [0.15, 0.2) is 22.0 Å². The molecule has 0 saturated carbocycles. The van der Waals surface area contributed by atoms with Gasteiger partial charge in [0.15, 0.2) is 0 Å². The average molecular weight is 238 g/mol. The minimum Gasteiger partial charge on any atom is -0.480 e. The van der Waals surface area contributed by atoms with E-state index >= 15 is 0 Å². The zero-order chi connectivity index (χ0) is 12.6. The van der Waals surface area contributed by atoms with E-state index in [1.807, 2.05) is 0 Å². The highest BCUT2D eigenvalue weighted by Gasteiger charge is 2.16. The van der Waals surface area contributed by atoms with Gasteiger partial charge in [0.2, 0.25) is 0 Å². The molecule has 1 atom stereocenters. The van der Waals surface area contributed by atoms with Crippen molar-refractivity contribution in [3.8, 4) is 0 Å². The van der Waals surface area contributed by atoms with Crippen LogP contribution in [-0.2, 0) is 11.3 Å². The van der Waals surface area contributed by atoms with Crippen LogP contribution < -0.4 is 17.0 Å². The van der Waals surface area contributed by atoms with Crippen molar-refractivity contribution in [1.82, 2.24) is 14.5 Å². The van der Waals surface area contributed by atoms with Crippen LogP contribution in [0.5, 0.6) is 0 Å². The lowest BCUT2D eigenvalue weighted by Crippen LogP contribution is -2.40. The van der Waals surface area contributed by atoms with Gasteiger partial charge in [-0.3, -0.25) is 19.1 Å². The van der Waals surface area contributed by atoms with Crippen molar-refractivity contribution in [3.05, 3.63) is 33.2 Å². The van der Waals surface area contributed by atoms with E-state index in [2.05, 4.69) is 9.97 Å².